The minimum absolute atomic E-state index is 0.566. The first-order valence-corrected chi connectivity index (χ1v) is 15.9. The van der Waals surface area contributed by atoms with Crippen LogP contribution < -0.4 is 5.36 Å². The number of aromatic nitrogens is 4. The third kappa shape index (κ3) is 4.54. The molecule has 4 aromatic heterocycles. The van der Waals surface area contributed by atoms with Gasteiger partial charge in [0, 0.05) is 39.7 Å². The number of nitrogens with one attached hydrogen (secondary N) is 3. The van der Waals surface area contributed by atoms with Gasteiger partial charge in [0.2, 0.25) is 0 Å². The Morgan fingerprint density at radius 1 is 0.634 bits per heavy atom. The Morgan fingerprint density at radius 2 is 1.22 bits per heavy atom. The number of rotatable bonds is 8. The van der Waals surface area contributed by atoms with Gasteiger partial charge >= 0.3 is 0 Å². The predicted molar refractivity (Wildman–Crippen MR) is 176 cm³/mol. The first-order chi connectivity index (χ1) is 19.9. The van der Waals surface area contributed by atoms with Crippen LogP contribution in [0.5, 0.6) is 0 Å². The average molecular weight is 550 g/mol. The lowest BCUT2D eigenvalue weighted by molar-refractivity contribution is 0.816. The Labute approximate surface area is 244 Å². The lowest BCUT2D eigenvalue weighted by Gasteiger charge is -2.08. The molecule has 0 aromatic carbocycles. The molecular formula is C36H47N5. The lowest BCUT2D eigenvalue weighted by atomic mass is 9.95. The van der Waals surface area contributed by atoms with E-state index in [1.807, 2.05) is 0 Å². The van der Waals surface area contributed by atoms with Gasteiger partial charge in [0.05, 0.1) is 16.9 Å². The van der Waals surface area contributed by atoms with E-state index in [9.17, 15) is 5.41 Å². The molecule has 0 saturated carbocycles. The number of fused-ring (bicyclic) bond motifs is 8. The zero-order chi connectivity index (χ0) is 29.4. The Bertz CT molecular complexity index is 1840. The molecule has 3 N–H and O–H groups in total. The van der Waals surface area contributed by atoms with Crippen molar-refractivity contribution >= 4 is 44.2 Å². The van der Waals surface area contributed by atoms with Crippen LogP contribution in [0, 0.1) is 5.41 Å². The van der Waals surface area contributed by atoms with Crippen LogP contribution in [0.4, 0.5) is 0 Å². The third-order valence-electron chi connectivity index (χ3n) is 9.11. The van der Waals surface area contributed by atoms with E-state index in [-0.39, 0.29) is 0 Å². The van der Waals surface area contributed by atoms with E-state index in [0.29, 0.717) is 5.36 Å². The Morgan fingerprint density at radius 3 is 1.78 bits per heavy atom. The predicted octanol–water partition coefficient (Wildman–Crippen LogP) is 9.04. The molecule has 5 heterocycles. The molecule has 0 saturated heterocycles. The van der Waals surface area contributed by atoms with Gasteiger partial charge in [-0.2, -0.15) is 0 Å². The van der Waals surface area contributed by atoms with Crippen LogP contribution in [0.2, 0.25) is 0 Å². The Balaban J connectivity index is 2.16. The molecule has 0 amide bonds. The highest BCUT2D eigenvalue weighted by Gasteiger charge is 2.25. The number of aryl methyl sites for hydroxylation is 6. The van der Waals surface area contributed by atoms with Crippen molar-refractivity contribution < 1.29 is 0 Å². The van der Waals surface area contributed by atoms with E-state index in [1.165, 1.54) is 55.5 Å². The number of nitrogens with zero attached hydrogens (tertiary/aromatic N) is 2. The van der Waals surface area contributed by atoms with E-state index >= 15 is 0 Å². The van der Waals surface area contributed by atoms with Gasteiger partial charge in [-0.05, 0) is 110 Å². The molecule has 5 rings (SSSR count). The van der Waals surface area contributed by atoms with Crippen molar-refractivity contribution in [3.05, 3.63) is 68.8 Å². The maximum Gasteiger partial charge on any atom is 0.104 e. The fourth-order valence-electron chi connectivity index (χ4n) is 7.30. The van der Waals surface area contributed by atoms with Gasteiger partial charge in [-0.3, -0.25) is 5.41 Å². The summed E-state index contributed by atoms with van der Waals surface area (Å²) in [4.78, 5) is 13.0. The monoisotopic (exact) mass is 549 g/mol. The lowest BCUT2D eigenvalue weighted by Crippen LogP contribution is -2.12. The minimum Gasteiger partial charge on any atom is -0.355 e. The van der Waals surface area contributed by atoms with Crippen molar-refractivity contribution in [2.45, 2.75) is 107 Å². The first-order valence-electron chi connectivity index (χ1n) is 15.9. The van der Waals surface area contributed by atoms with Crippen molar-refractivity contribution in [2.75, 3.05) is 0 Å². The highest BCUT2D eigenvalue weighted by molar-refractivity contribution is 5.95. The summed E-state index contributed by atoms with van der Waals surface area (Å²) in [5.74, 6) is 0. The van der Waals surface area contributed by atoms with E-state index in [4.69, 9.17) is 4.98 Å². The second kappa shape index (κ2) is 11.7. The molecule has 0 unspecified atom stereocenters. The summed E-state index contributed by atoms with van der Waals surface area (Å²) >= 11 is 0. The van der Waals surface area contributed by atoms with E-state index in [1.54, 1.807) is 0 Å². The maximum absolute atomic E-state index is 9.75. The van der Waals surface area contributed by atoms with Crippen LogP contribution in [-0.2, 0) is 38.6 Å². The number of allylic oxidation sites excluding steroid dienone is 2. The van der Waals surface area contributed by atoms with E-state index in [0.717, 1.165) is 79.4 Å². The van der Waals surface area contributed by atoms with Crippen LogP contribution in [0.3, 0.4) is 0 Å². The molecule has 0 aliphatic carbocycles. The van der Waals surface area contributed by atoms with Gasteiger partial charge in [0.15, 0.2) is 0 Å². The van der Waals surface area contributed by atoms with Crippen molar-refractivity contribution in [1.82, 2.24) is 19.5 Å². The molecule has 4 aromatic rings. The molecule has 41 heavy (non-hydrogen) atoms. The Hall–Kier alpha value is -3.60. The fourth-order valence-corrected chi connectivity index (χ4v) is 7.30. The molecule has 0 radical (unpaired) electrons. The summed E-state index contributed by atoms with van der Waals surface area (Å²) in [6.45, 7) is 18.7. The largest absolute Gasteiger partial charge is 0.355 e. The highest BCUT2D eigenvalue weighted by Crippen LogP contribution is 2.37. The molecule has 1 aliphatic rings. The molecule has 0 fully saturated rings. The van der Waals surface area contributed by atoms with Crippen molar-refractivity contribution in [3.8, 4) is 0 Å². The molecule has 216 valence electrons. The zero-order valence-electron chi connectivity index (χ0n) is 26.4. The van der Waals surface area contributed by atoms with Crippen molar-refractivity contribution in [1.29, 1.82) is 5.41 Å². The van der Waals surface area contributed by atoms with Gasteiger partial charge in [-0.15, -0.1) is 0 Å². The molecular weight excluding hydrogens is 502 g/mol. The van der Waals surface area contributed by atoms with Crippen LogP contribution in [0.25, 0.3) is 44.2 Å². The highest BCUT2D eigenvalue weighted by atomic mass is 15.0. The standard InChI is InChI=1S/C36H47N5/c1-9-23-25(11-3)33-29(15-7)34-26(12-4)27(13-5)35(40-34)32(37)36-28(14-6)24(10-2)31(41(36)16-8)20-22-18-17-21(38-22)19-30(23)39-33/h17-20,37-39H,9-16H2,1-8H3. The second-order valence-electron chi connectivity index (χ2n) is 11.1. The quantitative estimate of drug-likeness (QED) is 0.201. The van der Waals surface area contributed by atoms with Gasteiger partial charge in [-0.1, -0.05) is 48.5 Å². The summed E-state index contributed by atoms with van der Waals surface area (Å²) in [5, 5.41) is 10.3. The summed E-state index contributed by atoms with van der Waals surface area (Å²) in [7, 11) is 0. The fraction of sp³-hybridized carbons (Fsp3) is 0.444. The molecule has 1 aliphatic heterocycles. The SMILES string of the molecule is CCC1=C(CC)c2nc1c(CC)c1[nH]c(cc3ccc(cc4c(CC)c(CC)c(c2=N)n4CC)[nH]3)c(CC)c1CC. The molecule has 5 heteroatoms. The van der Waals surface area contributed by atoms with E-state index in [2.05, 4.69) is 94.2 Å². The van der Waals surface area contributed by atoms with Gasteiger partial charge in [-0.25, -0.2) is 4.98 Å². The molecule has 0 spiro atoms. The maximum atomic E-state index is 9.75. The third-order valence-corrected chi connectivity index (χ3v) is 9.11. The number of hydrogen-bond acceptors (Lipinski definition) is 2. The summed E-state index contributed by atoms with van der Waals surface area (Å²) < 4.78 is 2.36. The van der Waals surface area contributed by atoms with E-state index < -0.39 is 0 Å². The van der Waals surface area contributed by atoms with Crippen LogP contribution >= 0.6 is 0 Å². The second-order valence-corrected chi connectivity index (χ2v) is 11.1. The van der Waals surface area contributed by atoms with Crippen LogP contribution in [-0.4, -0.2) is 19.5 Å². The topological polar surface area (TPSA) is 73.2 Å². The van der Waals surface area contributed by atoms with Crippen LogP contribution in [0.1, 0.15) is 107 Å². The molecule has 8 bridgehead atoms. The van der Waals surface area contributed by atoms with Gasteiger partial charge in [0.25, 0.3) is 0 Å². The average Bonchev–Trinajstić information content (AvgIpc) is 3.74. The Kier molecular flexibility index (Phi) is 8.26. The van der Waals surface area contributed by atoms with Crippen LogP contribution in [0.15, 0.2) is 24.3 Å². The summed E-state index contributed by atoms with van der Waals surface area (Å²) in [5.41, 5.74) is 18.0. The normalized spacial score (nSPS) is 12.7. The zero-order valence-corrected chi connectivity index (χ0v) is 26.4. The molecule has 5 nitrogen and oxygen atoms in total. The number of aromatic amines is 2. The smallest absolute Gasteiger partial charge is 0.104 e. The molecule has 0 atom stereocenters. The summed E-state index contributed by atoms with van der Waals surface area (Å²) in [6, 6.07) is 8.92. The number of hydrogen-bond donors (Lipinski definition) is 3. The number of H-pyrrole nitrogens is 2. The van der Waals surface area contributed by atoms with Gasteiger partial charge in [0.1, 0.15) is 5.36 Å². The van der Waals surface area contributed by atoms with Crippen molar-refractivity contribution in [2.24, 2.45) is 0 Å². The minimum atomic E-state index is 0.566. The van der Waals surface area contributed by atoms with Crippen molar-refractivity contribution in [3.63, 3.8) is 0 Å². The first kappa shape index (κ1) is 28.9. The van der Waals surface area contributed by atoms with Gasteiger partial charge < -0.3 is 14.5 Å². The summed E-state index contributed by atoms with van der Waals surface area (Å²) in [6.07, 6.45) is 6.42.